The molecule has 2 heterocycles. The number of aromatic nitrogens is 2. The molecule has 0 aromatic carbocycles. The number of hydrogen-bond acceptors (Lipinski definition) is 6. The first-order chi connectivity index (χ1) is 11.8. The molecule has 138 valence electrons. The SMILES string of the molecule is CCCC1(CCC)NC(=O)N(CC(=O)Nc2nnc(C(C)C)s2)C1=O. The topological polar surface area (TPSA) is 104 Å². The predicted octanol–water partition coefficient (Wildman–Crippen LogP) is 2.49. The molecule has 1 aromatic rings. The van der Waals surface area contributed by atoms with E-state index in [4.69, 9.17) is 0 Å². The maximum atomic E-state index is 12.7. The van der Waals surface area contributed by atoms with Crippen molar-refractivity contribution in [3.05, 3.63) is 5.01 Å². The molecule has 2 rings (SSSR count). The number of carbonyl (C=O) groups is 3. The largest absolute Gasteiger partial charge is 0.325 e. The van der Waals surface area contributed by atoms with E-state index in [0.29, 0.717) is 18.0 Å². The highest BCUT2D eigenvalue weighted by molar-refractivity contribution is 7.15. The van der Waals surface area contributed by atoms with Crippen LogP contribution in [0, 0.1) is 0 Å². The second-order valence-electron chi connectivity index (χ2n) is 6.55. The first-order valence-corrected chi connectivity index (χ1v) is 9.42. The van der Waals surface area contributed by atoms with Crippen LogP contribution in [0.4, 0.5) is 9.93 Å². The molecule has 0 unspecified atom stereocenters. The Kier molecular flexibility index (Phi) is 6.10. The Hall–Kier alpha value is -2.03. The Morgan fingerprint density at radius 2 is 1.88 bits per heavy atom. The van der Waals surface area contributed by atoms with E-state index in [0.717, 1.165) is 22.7 Å². The van der Waals surface area contributed by atoms with Crippen molar-refractivity contribution in [2.75, 3.05) is 11.9 Å². The predicted molar refractivity (Wildman–Crippen MR) is 95.4 cm³/mol. The molecule has 2 N–H and O–H groups in total. The fourth-order valence-electron chi connectivity index (χ4n) is 2.96. The van der Waals surface area contributed by atoms with Gasteiger partial charge in [0, 0.05) is 5.92 Å². The highest BCUT2D eigenvalue weighted by Gasteiger charge is 2.50. The van der Waals surface area contributed by atoms with Crippen molar-refractivity contribution in [1.82, 2.24) is 20.4 Å². The van der Waals surface area contributed by atoms with Gasteiger partial charge in [-0.2, -0.15) is 0 Å². The lowest BCUT2D eigenvalue weighted by Crippen LogP contribution is -2.47. The van der Waals surface area contributed by atoms with Gasteiger partial charge in [0.05, 0.1) is 0 Å². The van der Waals surface area contributed by atoms with E-state index in [-0.39, 0.29) is 18.4 Å². The third-order valence-corrected chi connectivity index (χ3v) is 5.22. The lowest BCUT2D eigenvalue weighted by molar-refractivity contribution is -0.134. The van der Waals surface area contributed by atoms with Gasteiger partial charge in [0.1, 0.15) is 17.1 Å². The Balaban J connectivity index is 2.04. The number of imide groups is 1. The Morgan fingerprint density at radius 1 is 1.24 bits per heavy atom. The van der Waals surface area contributed by atoms with Gasteiger partial charge in [-0.15, -0.1) is 10.2 Å². The smallest absolute Gasteiger partial charge is 0.323 e. The van der Waals surface area contributed by atoms with Crippen LogP contribution in [0.15, 0.2) is 0 Å². The molecule has 1 aliphatic rings. The molecule has 0 spiro atoms. The average molecular weight is 367 g/mol. The minimum absolute atomic E-state index is 0.220. The Labute approximate surface area is 151 Å². The van der Waals surface area contributed by atoms with Crippen LogP contribution in [-0.4, -0.2) is 45.0 Å². The van der Waals surface area contributed by atoms with Gasteiger partial charge >= 0.3 is 6.03 Å². The molecule has 25 heavy (non-hydrogen) atoms. The van der Waals surface area contributed by atoms with Crippen molar-refractivity contribution in [2.45, 2.75) is 64.8 Å². The summed E-state index contributed by atoms with van der Waals surface area (Å²) in [5.41, 5.74) is -0.881. The summed E-state index contributed by atoms with van der Waals surface area (Å²) in [6, 6.07) is -0.512. The molecule has 0 bridgehead atoms. The number of anilines is 1. The lowest BCUT2D eigenvalue weighted by Gasteiger charge is -2.25. The molecule has 9 heteroatoms. The third-order valence-electron chi connectivity index (χ3n) is 4.08. The van der Waals surface area contributed by atoms with Gasteiger partial charge in [-0.25, -0.2) is 4.79 Å². The van der Waals surface area contributed by atoms with Crippen molar-refractivity contribution < 1.29 is 14.4 Å². The fraction of sp³-hybridized carbons (Fsp3) is 0.688. The maximum absolute atomic E-state index is 12.7. The van der Waals surface area contributed by atoms with Crippen LogP contribution in [-0.2, 0) is 9.59 Å². The fourth-order valence-corrected chi connectivity index (χ4v) is 3.72. The van der Waals surface area contributed by atoms with Gasteiger partial charge in [0.15, 0.2) is 0 Å². The number of nitrogens with one attached hydrogen (secondary N) is 2. The lowest BCUT2D eigenvalue weighted by atomic mass is 9.88. The highest BCUT2D eigenvalue weighted by Crippen LogP contribution is 2.28. The van der Waals surface area contributed by atoms with Gasteiger partial charge < -0.3 is 5.32 Å². The number of amides is 4. The quantitative estimate of drug-likeness (QED) is 0.687. The van der Waals surface area contributed by atoms with Crippen LogP contribution >= 0.6 is 11.3 Å². The van der Waals surface area contributed by atoms with E-state index in [1.165, 1.54) is 11.3 Å². The zero-order chi connectivity index (χ0) is 18.6. The zero-order valence-corrected chi connectivity index (χ0v) is 15.9. The number of rotatable bonds is 8. The minimum atomic E-state index is -0.881. The van der Waals surface area contributed by atoms with Gasteiger partial charge in [0.2, 0.25) is 11.0 Å². The standard InChI is InChI=1S/C16H25N5O3S/c1-5-7-16(8-6-2)13(23)21(15(24)18-16)9-11(22)17-14-20-19-12(25-14)10(3)4/h10H,5-9H2,1-4H3,(H,18,24)(H,17,20,22). The van der Waals surface area contributed by atoms with Crippen LogP contribution in [0.25, 0.3) is 0 Å². The van der Waals surface area contributed by atoms with Crippen LogP contribution in [0.3, 0.4) is 0 Å². The number of hydrogen-bond donors (Lipinski definition) is 2. The third kappa shape index (κ3) is 4.15. The van der Waals surface area contributed by atoms with Gasteiger partial charge in [0.25, 0.3) is 5.91 Å². The summed E-state index contributed by atoms with van der Waals surface area (Å²) >= 11 is 1.29. The molecule has 1 saturated heterocycles. The molecule has 0 radical (unpaired) electrons. The molecule has 1 aromatic heterocycles. The van der Waals surface area contributed by atoms with E-state index >= 15 is 0 Å². The summed E-state index contributed by atoms with van der Waals surface area (Å²) in [4.78, 5) is 38.2. The van der Waals surface area contributed by atoms with Gasteiger partial charge in [-0.1, -0.05) is 51.9 Å². The number of carbonyl (C=O) groups excluding carboxylic acids is 3. The second kappa shape index (κ2) is 7.90. The first-order valence-electron chi connectivity index (χ1n) is 8.60. The summed E-state index contributed by atoms with van der Waals surface area (Å²) in [6.45, 7) is 7.58. The summed E-state index contributed by atoms with van der Waals surface area (Å²) in [5.74, 6) is -0.562. The highest BCUT2D eigenvalue weighted by atomic mass is 32.1. The second-order valence-corrected chi connectivity index (χ2v) is 7.56. The molecule has 0 saturated carbocycles. The van der Waals surface area contributed by atoms with Crippen molar-refractivity contribution in [2.24, 2.45) is 0 Å². The maximum Gasteiger partial charge on any atom is 0.325 e. The van der Waals surface area contributed by atoms with E-state index in [9.17, 15) is 14.4 Å². The molecule has 4 amide bonds. The van der Waals surface area contributed by atoms with E-state index in [1.54, 1.807) is 0 Å². The first kappa shape index (κ1) is 19.3. The minimum Gasteiger partial charge on any atom is -0.323 e. The molecule has 0 aliphatic carbocycles. The molecular weight excluding hydrogens is 342 g/mol. The molecule has 0 atom stereocenters. The van der Waals surface area contributed by atoms with E-state index < -0.39 is 17.5 Å². The molecular formula is C16H25N5O3S. The summed E-state index contributed by atoms with van der Waals surface area (Å²) < 4.78 is 0. The van der Waals surface area contributed by atoms with Crippen molar-refractivity contribution >= 4 is 34.3 Å². The summed E-state index contributed by atoms with van der Waals surface area (Å²) in [7, 11) is 0. The van der Waals surface area contributed by atoms with Gasteiger partial charge in [-0.3, -0.25) is 19.8 Å². The molecule has 1 fully saturated rings. The van der Waals surface area contributed by atoms with Crippen molar-refractivity contribution in [3.63, 3.8) is 0 Å². The normalized spacial score (nSPS) is 16.4. The van der Waals surface area contributed by atoms with Crippen LogP contribution in [0.1, 0.15) is 64.3 Å². The van der Waals surface area contributed by atoms with Crippen LogP contribution in [0.5, 0.6) is 0 Å². The Bertz CT molecular complexity index is 652. The van der Waals surface area contributed by atoms with E-state index in [1.807, 2.05) is 27.7 Å². The average Bonchev–Trinajstić information content (AvgIpc) is 3.08. The summed E-state index contributed by atoms with van der Waals surface area (Å²) in [5, 5.41) is 14.5. The zero-order valence-electron chi connectivity index (χ0n) is 15.1. The number of urea groups is 1. The molecule has 8 nitrogen and oxygen atoms in total. The van der Waals surface area contributed by atoms with Crippen LogP contribution in [0.2, 0.25) is 0 Å². The van der Waals surface area contributed by atoms with Crippen molar-refractivity contribution in [3.8, 4) is 0 Å². The monoisotopic (exact) mass is 367 g/mol. The number of nitrogens with zero attached hydrogens (tertiary/aromatic N) is 3. The van der Waals surface area contributed by atoms with E-state index in [2.05, 4.69) is 20.8 Å². The summed E-state index contributed by atoms with van der Waals surface area (Å²) in [6.07, 6.45) is 2.68. The van der Waals surface area contributed by atoms with Gasteiger partial charge in [-0.05, 0) is 12.8 Å². The van der Waals surface area contributed by atoms with Crippen LogP contribution < -0.4 is 10.6 Å². The van der Waals surface area contributed by atoms with Crippen molar-refractivity contribution in [1.29, 1.82) is 0 Å². The molecule has 1 aliphatic heterocycles. The Morgan fingerprint density at radius 3 is 2.40 bits per heavy atom.